The first-order valence-electron chi connectivity index (χ1n) is 8.73. The monoisotopic (exact) mass is 432 g/mol. The van der Waals surface area contributed by atoms with Crippen LogP contribution in [0.2, 0.25) is 5.02 Å². The summed E-state index contributed by atoms with van der Waals surface area (Å²) in [5, 5.41) is 6.33. The SMILES string of the molecule is COc1cccc(-c2nc(CSC(C)C(=O)Nc3cc(Cl)ccc3C)cs2)c1. The van der Waals surface area contributed by atoms with E-state index < -0.39 is 0 Å². The molecule has 7 heteroatoms. The van der Waals surface area contributed by atoms with Crippen molar-refractivity contribution in [1.29, 1.82) is 0 Å². The lowest BCUT2D eigenvalue weighted by atomic mass is 10.2. The molecular weight excluding hydrogens is 412 g/mol. The summed E-state index contributed by atoms with van der Waals surface area (Å²) in [6.45, 7) is 3.84. The van der Waals surface area contributed by atoms with E-state index in [4.69, 9.17) is 16.3 Å². The first kappa shape index (κ1) is 20.7. The summed E-state index contributed by atoms with van der Waals surface area (Å²) in [4.78, 5) is 17.2. The van der Waals surface area contributed by atoms with Gasteiger partial charge in [-0.1, -0.05) is 29.8 Å². The molecular formula is C21H21ClN2O2S2. The molecule has 3 aromatic rings. The predicted octanol–water partition coefficient (Wildman–Crippen LogP) is 6.04. The molecule has 1 aromatic heterocycles. The number of ether oxygens (including phenoxy) is 1. The number of hydrogen-bond donors (Lipinski definition) is 1. The summed E-state index contributed by atoms with van der Waals surface area (Å²) in [7, 11) is 1.65. The lowest BCUT2D eigenvalue weighted by molar-refractivity contribution is -0.115. The molecule has 1 N–H and O–H groups in total. The van der Waals surface area contributed by atoms with Crippen molar-refractivity contribution in [3.05, 3.63) is 64.1 Å². The average Bonchev–Trinajstić information content (AvgIpc) is 3.18. The number of nitrogens with one attached hydrogen (secondary N) is 1. The summed E-state index contributed by atoms with van der Waals surface area (Å²) in [5.74, 6) is 1.44. The zero-order valence-corrected chi connectivity index (χ0v) is 18.3. The van der Waals surface area contributed by atoms with Gasteiger partial charge in [0, 0.05) is 27.4 Å². The number of nitrogens with zero attached hydrogens (tertiary/aromatic N) is 1. The highest BCUT2D eigenvalue weighted by molar-refractivity contribution is 7.99. The Morgan fingerprint density at radius 2 is 2.14 bits per heavy atom. The van der Waals surface area contributed by atoms with Gasteiger partial charge in [-0.2, -0.15) is 0 Å². The van der Waals surface area contributed by atoms with Gasteiger partial charge < -0.3 is 10.1 Å². The number of thioether (sulfide) groups is 1. The second-order valence-electron chi connectivity index (χ2n) is 6.28. The van der Waals surface area contributed by atoms with Crippen LogP contribution in [0.15, 0.2) is 47.8 Å². The molecule has 1 unspecified atom stereocenters. The molecule has 0 aliphatic heterocycles. The Morgan fingerprint density at radius 1 is 1.32 bits per heavy atom. The van der Waals surface area contributed by atoms with E-state index in [1.165, 1.54) is 0 Å². The highest BCUT2D eigenvalue weighted by Crippen LogP contribution is 2.29. The van der Waals surface area contributed by atoms with Gasteiger partial charge in [-0.05, 0) is 43.7 Å². The average molecular weight is 433 g/mol. The Balaban J connectivity index is 1.58. The van der Waals surface area contributed by atoms with E-state index in [0.29, 0.717) is 10.8 Å². The van der Waals surface area contributed by atoms with Crippen LogP contribution < -0.4 is 10.1 Å². The van der Waals surface area contributed by atoms with Crippen LogP contribution in [0.1, 0.15) is 18.2 Å². The van der Waals surface area contributed by atoms with Gasteiger partial charge in [0.2, 0.25) is 5.91 Å². The maximum atomic E-state index is 12.5. The molecule has 2 aromatic carbocycles. The predicted molar refractivity (Wildman–Crippen MR) is 120 cm³/mol. The minimum absolute atomic E-state index is 0.0429. The molecule has 0 radical (unpaired) electrons. The number of anilines is 1. The second kappa shape index (κ2) is 9.45. The van der Waals surface area contributed by atoms with Crippen LogP contribution in [-0.2, 0) is 10.5 Å². The lowest BCUT2D eigenvalue weighted by Crippen LogP contribution is -2.23. The van der Waals surface area contributed by atoms with Crippen molar-refractivity contribution < 1.29 is 9.53 Å². The van der Waals surface area contributed by atoms with Gasteiger partial charge in [-0.3, -0.25) is 4.79 Å². The number of hydrogen-bond acceptors (Lipinski definition) is 5. The largest absolute Gasteiger partial charge is 0.497 e. The molecule has 1 atom stereocenters. The number of thiazole rings is 1. The van der Waals surface area contributed by atoms with E-state index in [1.807, 2.05) is 55.6 Å². The summed E-state index contributed by atoms with van der Waals surface area (Å²) in [6, 6.07) is 13.3. The second-order valence-corrected chi connectivity index (χ2v) is 8.90. The van der Waals surface area contributed by atoms with E-state index >= 15 is 0 Å². The minimum atomic E-state index is -0.208. The third kappa shape index (κ3) is 5.28. The lowest BCUT2D eigenvalue weighted by Gasteiger charge is -2.13. The molecule has 0 aliphatic carbocycles. The van der Waals surface area contributed by atoms with Crippen molar-refractivity contribution >= 4 is 46.3 Å². The Morgan fingerprint density at radius 3 is 2.93 bits per heavy atom. The summed E-state index contributed by atoms with van der Waals surface area (Å²) >= 11 is 9.17. The van der Waals surface area contributed by atoms with E-state index in [1.54, 1.807) is 36.3 Å². The number of aromatic nitrogens is 1. The summed E-state index contributed by atoms with van der Waals surface area (Å²) in [5.41, 5.74) is 3.73. The standard InChI is InChI=1S/C21H21ClN2O2S2/c1-13-7-8-16(22)10-19(13)24-20(25)14(2)27-11-17-12-28-21(23-17)15-5-4-6-18(9-15)26-3/h4-10,12,14H,11H2,1-3H3,(H,24,25). The van der Waals surface area contributed by atoms with Crippen molar-refractivity contribution in [1.82, 2.24) is 4.98 Å². The number of halogens is 1. The molecule has 3 rings (SSSR count). The minimum Gasteiger partial charge on any atom is -0.497 e. The van der Waals surface area contributed by atoms with Gasteiger partial charge in [0.25, 0.3) is 0 Å². The van der Waals surface area contributed by atoms with Gasteiger partial charge in [0.1, 0.15) is 10.8 Å². The Labute approximate surface area is 178 Å². The van der Waals surface area contributed by atoms with Gasteiger partial charge in [-0.25, -0.2) is 4.98 Å². The maximum absolute atomic E-state index is 12.5. The van der Waals surface area contributed by atoms with Gasteiger partial charge in [-0.15, -0.1) is 23.1 Å². The van der Waals surface area contributed by atoms with E-state index in [2.05, 4.69) is 10.3 Å². The fourth-order valence-corrected chi connectivity index (χ4v) is 4.38. The molecule has 1 amide bonds. The molecule has 146 valence electrons. The van der Waals surface area contributed by atoms with Crippen LogP contribution >= 0.6 is 34.7 Å². The third-order valence-electron chi connectivity index (χ3n) is 4.18. The molecule has 28 heavy (non-hydrogen) atoms. The normalized spacial score (nSPS) is 11.9. The van der Waals surface area contributed by atoms with Crippen LogP contribution in [0.5, 0.6) is 5.75 Å². The Hall–Kier alpha value is -2.02. The topological polar surface area (TPSA) is 51.2 Å². The van der Waals surface area contributed by atoms with Crippen LogP contribution in [-0.4, -0.2) is 23.3 Å². The van der Waals surface area contributed by atoms with Crippen molar-refractivity contribution in [3.8, 4) is 16.3 Å². The summed E-state index contributed by atoms with van der Waals surface area (Å²) in [6.07, 6.45) is 0. The summed E-state index contributed by atoms with van der Waals surface area (Å²) < 4.78 is 5.27. The molecule has 0 spiro atoms. The van der Waals surface area contributed by atoms with Gasteiger partial charge in [0.15, 0.2) is 0 Å². The van der Waals surface area contributed by atoms with Crippen molar-refractivity contribution in [2.75, 3.05) is 12.4 Å². The highest BCUT2D eigenvalue weighted by atomic mass is 35.5. The molecule has 0 saturated heterocycles. The number of aryl methyl sites for hydroxylation is 1. The third-order valence-corrected chi connectivity index (χ3v) is 6.53. The smallest absolute Gasteiger partial charge is 0.237 e. The zero-order chi connectivity index (χ0) is 20.1. The first-order valence-corrected chi connectivity index (χ1v) is 11.0. The van der Waals surface area contributed by atoms with Gasteiger partial charge in [0.05, 0.1) is 18.1 Å². The fraction of sp³-hybridized carbons (Fsp3) is 0.238. The van der Waals surface area contributed by atoms with Crippen LogP contribution in [0.25, 0.3) is 10.6 Å². The number of carbonyl (C=O) groups excluding carboxylic acids is 1. The zero-order valence-electron chi connectivity index (χ0n) is 15.9. The number of amides is 1. The van der Waals surface area contributed by atoms with Crippen molar-refractivity contribution in [3.63, 3.8) is 0 Å². The Bertz CT molecular complexity index is 975. The Kier molecular flexibility index (Phi) is 6.99. The number of methoxy groups -OCH3 is 1. The molecule has 0 bridgehead atoms. The number of benzene rings is 2. The fourth-order valence-electron chi connectivity index (χ4n) is 2.51. The first-order chi connectivity index (χ1) is 13.5. The molecule has 1 heterocycles. The van der Waals surface area contributed by atoms with E-state index in [9.17, 15) is 4.79 Å². The van der Waals surface area contributed by atoms with Crippen molar-refractivity contribution in [2.45, 2.75) is 24.9 Å². The van der Waals surface area contributed by atoms with E-state index in [0.717, 1.165) is 33.3 Å². The molecule has 0 saturated carbocycles. The molecule has 0 aliphatic rings. The highest BCUT2D eigenvalue weighted by Gasteiger charge is 2.16. The van der Waals surface area contributed by atoms with Crippen molar-refractivity contribution in [2.24, 2.45) is 0 Å². The molecule has 4 nitrogen and oxygen atoms in total. The number of rotatable bonds is 7. The quantitative estimate of drug-likeness (QED) is 0.494. The van der Waals surface area contributed by atoms with Crippen LogP contribution in [0.4, 0.5) is 5.69 Å². The maximum Gasteiger partial charge on any atom is 0.237 e. The van der Waals surface area contributed by atoms with Crippen LogP contribution in [0.3, 0.4) is 0 Å². The van der Waals surface area contributed by atoms with E-state index in [-0.39, 0.29) is 11.2 Å². The van der Waals surface area contributed by atoms with Gasteiger partial charge >= 0.3 is 0 Å². The van der Waals surface area contributed by atoms with Crippen LogP contribution in [0, 0.1) is 6.92 Å². The molecule has 0 fully saturated rings. The number of carbonyl (C=O) groups is 1.